The van der Waals surface area contributed by atoms with Crippen molar-refractivity contribution in [2.24, 2.45) is 0 Å². The molecule has 1 saturated heterocycles. The first-order valence-electron chi connectivity index (χ1n) is 7.43. The van der Waals surface area contributed by atoms with Crippen molar-refractivity contribution in [3.05, 3.63) is 36.9 Å². The molecular formula is C16H20N4O3S. The molecule has 3 N–H and O–H groups in total. The lowest BCUT2D eigenvalue weighted by atomic mass is 10.2. The third-order valence-electron chi connectivity index (χ3n) is 3.41. The topological polar surface area (TPSA) is 90.5 Å². The predicted octanol–water partition coefficient (Wildman–Crippen LogP) is 1.85. The SMILES string of the molecule is C=CCNC(=O)Nc1ccc(NC(=O)[C@H]2CSCN2C(C)=O)cc1. The molecular weight excluding hydrogens is 328 g/mol. The minimum atomic E-state index is -0.449. The number of carbonyl (C=O) groups is 3. The van der Waals surface area contributed by atoms with Gasteiger partial charge in [-0.3, -0.25) is 9.59 Å². The zero-order valence-electron chi connectivity index (χ0n) is 13.4. The first-order chi connectivity index (χ1) is 11.5. The summed E-state index contributed by atoms with van der Waals surface area (Å²) in [6.45, 7) is 5.36. The van der Waals surface area contributed by atoms with Gasteiger partial charge < -0.3 is 20.9 Å². The summed E-state index contributed by atoms with van der Waals surface area (Å²) < 4.78 is 0. The molecule has 128 valence electrons. The summed E-state index contributed by atoms with van der Waals surface area (Å²) in [7, 11) is 0. The Labute approximate surface area is 144 Å². The second kappa shape index (κ2) is 8.39. The fourth-order valence-electron chi connectivity index (χ4n) is 2.17. The van der Waals surface area contributed by atoms with Gasteiger partial charge in [-0.1, -0.05) is 6.08 Å². The molecule has 2 rings (SSSR count). The number of urea groups is 1. The quantitative estimate of drug-likeness (QED) is 0.709. The Morgan fingerprint density at radius 2 is 1.88 bits per heavy atom. The van der Waals surface area contributed by atoms with Crippen LogP contribution >= 0.6 is 11.8 Å². The average molecular weight is 348 g/mol. The third-order valence-corrected chi connectivity index (χ3v) is 4.42. The summed E-state index contributed by atoms with van der Waals surface area (Å²) >= 11 is 1.56. The minimum Gasteiger partial charge on any atom is -0.334 e. The standard InChI is InChI=1S/C16H20N4O3S/c1-3-8-17-16(23)19-13-6-4-12(5-7-13)18-15(22)14-9-24-10-20(14)11(2)21/h3-7,14H,1,8-10H2,2H3,(H,18,22)(H2,17,19,23)/t14-/m1/s1. The van der Waals surface area contributed by atoms with Crippen LogP contribution in [0.4, 0.5) is 16.2 Å². The second-order valence-corrected chi connectivity index (χ2v) is 6.19. The molecule has 1 aromatic carbocycles. The van der Waals surface area contributed by atoms with E-state index >= 15 is 0 Å². The summed E-state index contributed by atoms with van der Waals surface area (Å²) in [6, 6.07) is 5.99. The molecule has 8 heteroatoms. The highest BCUT2D eigenvalue weighted by Crippen LogP contribution is 2.22. The number of carbonyl (C=O) groups excluding carboxylic acids is 3. The summed E-state index contributed by atoms with van der Waals surface area (Å²) in [5.41, 5.74) is 1.22. The van der Waals surface area contributed by atoms with E-state index in [1.165, 1.54) is 6.92 Å². The van der Waals surface area contributed by atoms with Gasteiger partial charge >= 0.3 is 6.03 Å². The number of anilines is 2. The fourth-order valence-corrected chi connectivity index (χ4v) is 3.39. The molecule has 0 unspecified atom stereocenters. The number of nitrogens with one attached hydrogen (secondary N) is 3. The van der Waals surface area contributed by atoms with Gasteiger partial charge in [-0.25, -0.2) is 4.79 Å². The zero-order chi connectivity index (χ0) is 17.5. The van der Waals surface area contributed by atoms with E-state index in [0.717, 1.165) is 0 Å². The molecule has 0 saturated carbocycles. The summed E-state index contributed by atoms with van der Waals surface area (Å²) in [6.07, 6.45) is 1.59. The second-order valence-electron chi connectivity index (χ2n) is 5.19. The molecule has 1 atom stereocenters. The van der Waals surface area contributed by atoms with Crippen LogP contribution in [0.1, 0.15) is 6.92 Å². The van der Waals surface area contributed by atoms with Crippen LogP contribution in [-0.2, 0) is 9.59 Å². The molecule has 0 radical (unpaired) electrons. The van der Waals surface area contributed by atoms with Crippen molar-refractivity contribution in [1.82, 2.24) is 10.2 Å². The number of rotatable bonds is 5. The van der Waals surface area contributed by atoms with E-state index in [9.17, 15) is 14.4 Å². The van der Waals surface area contributed by atoms with Crippen LogP contribution in [0, 0.1) is 0 Å². The van der Waals surface area contributed by atoms with E-state index < -0.39 is 6.04 Å². The van der Waals surface area contributed by atoms with Crippen molar-refractivity contribution < 1.29 is 14.4 Å². The van der Waals surface area contributed by atoms with Gasteiger partial charge in [-0.05, 0) is 24.3 Å². The molecule has 24 heavy (non-hydrogen) atoms. The van der Waals surface area contributed by atoms with Crippen LogP contribution in [0.15, 0.2) is 36.9 Å². The molecule has 1 aromatic rings. The largest absolute Gasteiger partial charge is 0.334 e. The molecule has 0 bridgehead atoms. The van der Waals surface area contributed by atoms with Gasteiger partial charge in [-0.2, -0.15) is 0 Å². The molecule has 1 aliphatic heterocycles. The van der Waals surface area contributed by atoms with Gasteiger partial charge in [0.25, 0.3) is 0 Å². The van der Waals surface area contributed by atoms with Crippen LogP contribution in [-0.4, -0.2) is 47.0 Å². The monoisotopic (exact) mass is 348 g/mol. The lowest BCUT2D eigenvalue weighted by molar-refractivity contribution is -0.134. The van der Waals surface area contributed by atoms with Crippen molar-refractivity contribution in [1.29, 1.82) is 0 Å². The summed E-state index contributed by atoms with van der Waals surface area (Å²) in [5, 5.41) is 8.07. The first-order valence-corrected chi connectivity index (χ1v) is 8.58. The van der Waals surface area contributed by atoms with Gasteiger partial charge in [0.2, 0.25) is 11.8 Å². The lowest BCUT2D eigenvalue weighted by Crippen LogP contribution is -2.43. The molecule has 0 spiro atoms. The molecule has 4 amide bonds. The number of hydrogen-bond acceptors (Lipinski definition) is 4. The van der Waals surface area contributed by atoms with E-state index in [4.69, 9.17) is 0 Å². The van der Waals surface area contributed by atoms with E-state index in [0.29, 0.717) is 29.5 Å². The highest BCUT2D eigenvalue weighted by atomic mass is 32.2. The smallest absolute Gasteiger partial charge is 0.319 e. The van der Waals surface area contributed by atoms with E-state index in [1.807, 2.05) is 0 Å². The Kier molecular flexibility index (Phi) is 6.25. The van der Waals surface area contributed by atoms with Crippen molar-refractivity contribution in [2.45, 2.75) is 13.0 Å². The summed E-state index contributed by atoms with van der Waals surface area (Å²) in [4.78, 5) is 36.9. The maximum Gasteiger partial charge on any atom is 0.319 e. The number of thioether (sulfide) groups is 1. The molecule has 0 aliphatic carbocycles. The first kappa shape index (κ1) is 17.9. The Balaban J connectivity index is 1.91. The molecule has 0 aromatic heterocycles. The predicted molar refractivity (Wildman–Crippen MR) is 95.9 cm³/mol. The number of hydrogen-bond donors (Lipinski definition) is 3. The van der Waals surface area contributed by atoms with E-state index in [-0.39, 0.29) is 17.8 Å². The fraction of sp³-hybridized carbons (Fsp3) is 0.312. The molecule has 7 nitrogen and oxygen atoms in total. The Morgan fingerprint density at radius 3 is 2.46 bits per heavy atom. The van der Waals surface area contributed by atoms with Crippen LogP contribution in [0.2, 0.25) is 0 Å². The van der Waals surface area contributed by atoms with Crippen molar-refractivity contribution in [3.63, 3.8) is 0 Å². The maximum absolute atomic E-state index is 12.3. The van der Waals surface area contributed by atoms with E-state index in [1.54, 1.807) is 47.0 Å². The van der Waals surface area contributed by atoms with Gasteiger partial charge in [0, 0.05) is 30.6 Å². The lowest BCUT2D eigenvalue weighted by Gasteiger charge is -2.21. The Morgan fingerprint density at radius 1 is 1.25 bits per heavy atom. The Hall–Kier alpha value is -2.48. The van der Waals surface area contributed by atoms with Crippen LogP contribution < -0.4 is 16.0 Å². The van der Waals surface area contributed by atoms with Gasteiger partial charge in [-0.15, -0.1) is 18.3 Å². The zero-order valence-corrected chi connectivity index (χ0v) is 14.2. The van der Waals surface area contributed by atoms with Crippen molar-refractivity contribution in [3.8, 4) is 0 Å². The van der Waals surface area contributed by atoms with Crippen molar-refractivity contribution in [2.75, 3.05) is 28.8 Å². The number of nitrogens with zero attached hydrogens (tertiary/aromatic N) is 1. The van der Waals surface area contributed by atoms with Crippen LogP contribution in [0.3, 0.4) is 0 Å². The average Bonchev–Trinajstić information content (AvgIpc) is 3.05. The van der Waals surface area contributed by atoms with Gasteiger partial charge in [0.05, 0.1) is 5.88 Å². The van der Waals surface area contributed by atoms with Crippen LogP contribution in [0.5, 0.6) is 0 Å². The number of benzene rings is 1. The molecule has 1 heterocycles. The molecule has 1 fully saturated rings. The highest BCUT2D eigenvalue weighted by Gasteiger charge is 2.32. The van der Waals surface area contributed by atoms with Gasteiger partial charge in [0.1, 0.15) is 6.04 Å². The molecule has 1 aliphatic rings. The van der Waals surface area contributed by atoms with Crippen LogP contribution in [0.25, 0.3) is 0 Å². The van der Waals surface area contributed by atoms with Crippen molar-refractivity contribution >= 4 is 41.0 Å². The third kappa shape index (κ3) is 4.76. The number of amides is 4. The normalized spacial score (nSPS) is 16.4. The minimum absolute atomic E-state index is 0.106. The Bertz CT molecular complexity index is 633. The van der Waals surface area contributed by atoms with Gasteiger partial charge in [0.15, 0.2) is 0 Å². The summed E-state index contributed by atoms with van der Waals surface area (Å²) in [5.74, 6) is 0.815. The maximum atomic E-state index is 12.3. The van der Waals surface area contributed by atoms with E-state index in [2.05, 4.69) is 22.5 Å². The highest BCUT2D eigenvalue weighted by molar-refractivity contribution is 7.99.